The van der Waals surface area contributed by atoms with Crippen LogP contribution in [0.3, 0.4) is 0 Å². The summed E-state index contributed by atoms with van der Waals surface area (Å²) in [7, 11) is -1.86. The third kappa shape index (κ3) is 4.24. The average molecular weight is 445 g/mol. The molecule has 164 valence electrons. The number of sulfonamides is 1. The molecule has 1 aliphatic rings. The number of hydrogen-bond acceptors (Lipinski definition) is 7. The summed E-state index contributed by atoms with van der Waals surface area (Å²) < 4.78 is 27.3. The van der Waals surface area contributed by atoms with Crippen molar-refractivity contribution in [1.29, 1.82) is 0 Å². The number of hydrogen-bond donors (Lipinski definition) is 2. The molecule has 0 saturated carbocycles. The van der Waals surface area contributed by atoms with Gasteiger partial charge in [-0.1, -0.05) is 12.1 Å². The maximum absolute atomic E-state index is 12.9. The first-order chi connectivity index (χ1) is 14.8. The number of nitro benzene ring substituents is 1. The fourth-order valence-electron chi connectivity index (χ4n) is 3.64. The van der Waals surface area contributed by atoms with Crippen LogP contribution in [0.4, 0.5) is 11.4 Å². The number of para-hydroxylation sites is 1. The van der Waals surface area contributed by atoms with Crippen LogP contribution in [-0.2, 0) is 16.6 Å². The van der Waals surface area contributed by atoms with Gasteiger partial charge in [-0.2, -0.15) is 4.31 Å². The van der Waals surface area contributed by atoms with Crippen molar-refractivity contribution in [2.24, 2.45) is 0 Å². The molecule has 2 N–H and O–H groups in total. The molecule has 3 aromatic rings. The van der Waals surface area contributed by atoms with Crippen molar-refractivity contribution in [1.82, 2.24) is 19.2 Å². The smallest absolute Gasteiger partial charge is 0.293 e. The molecule has 2 aromatic carbocycles. The Labute approximate surface area is 180 Å². The molecular weight excluding hydrogens is 420 g/mol. The molecule has 1 fully saturated rings. The third-order valence-corrected chi connectivity index (χ3v) is 7.37. The minimum absolute atomic E-state index is 0.0753. The Hall–Kier alpha value is -3.02. The van der Waals surface area contributed by atoms with Crippen molar-refractivity contribution >= 4 is 32.4 Å². The Bertz CT molecular complexity index is 1230. The number of aromatic amines is 1. The number of imidazole rings is 1. The Morgan fingerprint density at radius 1 is 1.19 bits per heavy atom. The van der Waals surface area contributed by atoms with Gasteiger partial charge in [-0.15, -0.1) is 0 Å². The monoisotopic (exact) mass is 444 g/mol. The summed E-state index contributed by atoms with van der Waals surface area (Å²) >= 11 is 0. The fraction of sp³-hybridized carbons (Fsp3) is 0.350. The second-order valence-electron chi connectivity index (χ2n) is 7.65. The first kappa shape index (κ1) is 21.2. The first-order valence-electron chi connectivity index (χ1n) is 9.91. The molecule has 0 unspecified atom stereocenters. The highest BCUT2D eigenvalue weighted by Crippen LogP contribution is 2.30. The van der Waals surface area contributed by atoms with Crippen LogP contribution in [0.5, 0.6) is 0 Å². The third-order valence-electron chi connectivity index (χ3n) is 5.48. The molecule has 10 nitrogen and oxygen atoms in total. The van der Waals surface area contributed by atoms with E-state index in [2.05, 4.69) is 15.3 Å². The number of anilines is 1. The Balaban J connectivity index is 1.57. The van der Waals surface area contributed by atoms with E-state index >= 15 is 0 Å². The molecule has 4 rings (SSSR count). The summed E-state index contributed by atoms with van der Waals surface area (Å²) in [5.74, 6) is 0.632. The molecule has 11 heteroatoms. The average Bonchev–Trinajstić information content (AvgIpc) is 3.17. The van der Waals surface area contributed by atoms with E-state index in [0.29, 0.717) is 32.0 Å². The largest absolute Gasteiger partial charge is 0.372 e. The summed E-state index contributed by atoms with van der Waals surface area (Å²) in [6.45, 7) is 4.16. The van der Waals surface area contributed by atoms with Gasteiger partial charge in [-0.05, 0) is 37.7 Å². The van der Waals surface area contributed by atoms with E-state index in [9.17, 15) is 18.5 Å². The van der Waals surface area contributed by atoms with Crippen LogP contribution < -0.4 is 5.32 Å². The van der Waals surface area contributed by atoms with Gasteiger partial charge in [0.05, 0.1) is 27.4 Å². The van der Waals surface area contributed by atoms with E-state index in [4.69, 9.17) is 0 Å². The number of piperazine rings is 1. The van der Waals surface area contributed by atoms with Crippen LogP contribution in [0.1, 0.15) is 11.4 Å². The second kappa shape index (κ2) is 8.25. The van der Waals surface area contributed by atoms with Crippen molar-refractivity contribution in [3.05, 3.63) is 57.9 Å². The number of benzene rings is 2. The lowest BCUT2D eigenvalue weighted by molar-refractivity contribution is -0.384. The molecule has 0 aliphatic carbocycles. The number of H-pyrrole nitrogens is 1. The predicted octanol–water partition coefficient (Wildman–Crippen LogP) is 2.33. The van der Waals surface area contributed by atoms with E-state index in [0.717, 1.165) is 22.7 Å². The second-order valence-corrected chi connectivity index (χ2v) is 9.59. The van der Waals surface area contributed by atoms with Gasteiger partial charge in [-0.25, -0.2) is 13.4 Å². The standard InChI is InChI=1S/C20H24N6O4S/c1-14-4-3-5-17-20(14)23-19(22-17)13-21-16-7-6-15(12-18(16)26(27)28)31(29,30)25-10-8-24(2)9-11-25/h3-7,12,21H,8-11,13H2,1-2H3,(H,22,23). The van der Waals surface area contributed by atoms with Crippen molar-refractivity contribution in [2.75, 3.05) is 38.5 Å². The molecule has 0 bridgehead atoms. The number of rotatable bonds is 6. The van der Waals surface area contributed by atoms with Crippen molar-refractivity contribution in [3.8, 4) is 0 Å². The topological polar surface area (TPSA) is 124 Å². The van der Waals surface area contributed by atoms with Crippen LogP contribution in [0.25, 0.3) is 11.0 Å². The van der Waals surface area contributed by atoms with Crippen molar-refractivity contribution < 1.29 is 13.3 Å². The number of nitro groups is 1. The molecule has 1 saturated heterocycles. The van der Waals surface area contributed by atoms with Gasteiger partial charge >= 0.3 is 0 Å². The first-order valence-corrected chi connectivity index (χ1v) is 11.3. The van der Waals surface area contributed by atoms with Gasteiger partial charge in [-0.3, -0.25) is 10.1 Å². The zero-order chi connectivity index (χ0) is 22.2. The van der Waals surface area contributed by atoms with Crippen LogP contribution >= 0.6 is 0 Å². The van der Waals surface area contributed by atoms with E-state index in [1.807, 2.05) is 37.1 Å². The lowest BCUT2D eigenvalue weighted by atomic mass is 10.2. The molecular formula is C20H24N6O4S. The maximum atomic E-state index is 12.9. The summed E-state index contributed by atoms with van der Waals surface area (Å²) in [5.41, 5.74) is 2.72. The SMILES string of the molecule is Cc1cccc2[nH]c(CNc3ccc(S(=O)(=O)N4CCN(C)CC4)cc3[N+](=O)[O-])nc12. The Kier molecular flexibility index (Phi) is 5.65. The van der Waals surface area contributed by atoms with Crippen LogP contribution in [0.2, 0.25) is 0 Å². The highest BCUT2D eigenvalue weighted by molar-refractivity contribution is 7.89. The van der Waals surface area contributed by atoms with Crippen LogP contribution in [0.15, 0.2) is 41.3 Å². The molecule has 0 atom stereocenters. The minimum atomic E-state index is -3.79. The van der Waals surface area contributed by atoms with Crippen LogP contribution in [-0.4, -0.2) is 65.7 Å². The van der Waals surface area contributed by atoms with Crippen molar-refractivity contribution in [3.63, 3.8) is 0 Å². The zero-order valence-corrected chi connectivity index (χ0v) is 18.1. The van der Waals surface area contributed by atoms with E-state index in [1.165, 1.54) is 16.4 Å². The molecule has 1 aliphatic heterocycles. The maximum Gasteiger partial charge on any atom is 0.293 e. The normalized spacial score (nSPS) is 15.9. The number of fused-ring (bicyclic) bond motifs is 1. The summed E-state index contributed by atoms with van der Waals surface area (Å²) in [4.78, 5) is 20.8. The number of nitrogens with zero attached hydrogens (tertiary/aromatic N) is 4. The number of nitrogens with one attached hydrogen (secondary N) is 2. The Morgan fingerprint density at radius 3 is 2.61 bits per heavy atom. The van der Waals surface area contributed by atoms with E-state index in [-0.39, 0.29) is 22.8 Å². The molecule has 0 radical (unpaired) electrons. The fourth-order valence-corrected chi connectivity index (χ4v) is 5.08. The summed E-state index contributed by atoms with van der Waals surface area (Å²) in [6, 6.07) is 9.78. The van der Waals surface area contributed by atoms with Gasteiger partial charge in [0.2, 0.25) is 10.0 Å². The van der Waals surface area contributed by atoms with Gasteiger partial charge in [0, 0.05) is 32.2 Å². The Morgan fingerprint density at radius 2 is 1.94 bits per heavy atom. The number of aromatic nitrogens is 2. The lowest BCUT2D eigenvalue weighted by Crippen LogP contribution is -2.47. The molecule has 31 heavy (non-hydrogen) atoms. The molecule has 2 heterocycles. The summed E-state index contributed by atoms with van der Waals surface area (Å²) in [6.07, 6.45) is 0. The van der Waals surface area contributed by atoms with Crippen molar-refractivity contribution in [2.45, 2.75) is 18.4 Å². The zero-order valence-electron chi connectivity index (χ0n) is 17.3. The van der Waals surface area contributed by atoms with Crippen LogP contribution in [0, 0.1) is 17.0 Å². The molecule has 0 amide bonds. The number of likely N-dealkylation sites (N-methyl/N-ethyl adjacent to an activating group) is 1. The molecule has 1 aromatic heterocycles. The van der Waals surface area contributed by atoms with E-state index < -0.39 is 14.9 Å². The number of aryl methyl sites for hydroxylation is 1. The highest BCUT2D eigenvalue weighted by atomic mass is 32.2. The lowest BCUT2D eigenvalue weighted by Gasteiger charge is -2.31. The summed E-state index contributed by atoms with van der Waals surface area (Å²) in [5, 5.41) is 14.6. The predicted molar refractivity (Wildman–Crippen MR) is 118 cm³/mol. The quantitative estimate of drug-likeness (QED) is 0.442. The van der Waals surface area contributed by atoms with Gasteiger partial charge < -0.3 is 15.2 Å². The van der Waals surface area contributed by atoms with Gasteiger partial charge in [0.25, 0.3) is 5.69 Å². The van der Waals surface area contributed by atoms with Gasteiger partial charge in [0.15, 0.2) is 0 Å². The highest BCUT2D eigenvalue weighted by Gasteiger charge is 2.29. The van der Waals surface area contributed by atoms with Gasteiger partial charge in [0.1, 0.15) is 11.5 Å². The van der Waals surface area contributed by atoms with E-state index in [1.54, 1.807) is 0 Å². The molecule has 0 spiro atoms. The minimum Gasteiger partial charge on any atom is -0.372 e.